The van der Waals surface area contributed by atoms with Crippen LogP contribution in [-0.2, 0) is 6.54 Å². The molecule has 4 nitrogen and oxygen atoms in total. The van der Waals surface area contributed by atoms with Crippen molar-refractivity contribution in [1.82, 2.24) is 10.2 Å². The standard InChI is InChI=1S/C18H27N3O.2ClH/c1-18(13-19,16-7-8-16)20-17(22)15-6-4-5-14(11-15)12-21-9-2-3-10-21;;/h4-6,11,16H,2-3,7-10,12-13,19H2,1H3,(H,20,22);2*1H. The van der Waals surface area contributed by atoms with E-state index in [1.807, 2.05) is 18.2 Å². The zero-order valence-corrected chi connectivity index (χ0v) is 15.9. The summed E-state index contributed by atoms with van der Waals surface area (Å²) < 4.78 is 0. The van der Waals surface area contributed by atoms with Gasteiger partial charge >= 0.3 is 0 Å². The maximum Gasteiger partial charge on any atom is 0.251 e. The van der Waals surface area contributed by atoms with Crippen molar-refractivity contribution < 1.29 is 4.79 Å². The van der Waals surface area contributed by atoms with Crippen LogP contribution in [-0.4, -0.2) is 36.0 Å². The molecule has 0 radical (unpaired) electrons. The predicted octanol–water partition coefficient (Wildman–Crippen LogP) is 2.98. The van der Waals surface area contributed by atoms with Crippen LogP contribution in [0.1, 0.15) is 48.5 Å². The van der Waals surface area contributed by atoms with Gasteiger partial charge in [-0.25, -0.2) is 0 Å². The van der Waals surface area contributed by atoms with Crippen LogP contribution in [0.5, 0.6) is 0 Å². The molecule has 1 amide bonds. The summed E-state index contributed by atoms with van der Waals surface area (Å²) in [6, 6.07) is 8.01. The molecule has 136 valence electrons. The van der Waals surface area contributed by atoms with Crippen molar-refractivity contribution in [3.05, 3.63) is 35.4 Å². The molecule has 3 N–H and O–H groups in total. The molecule has 24 heavy (non-hydrogen) atoms. The van der Waals surface area contributed by atoms with Gasteiger partial charge in [-0.15, -0.1) is 24.8 Å². The summed E-state index contributed by atoms with van der Waals surface area (Å²) in [5.41, 5.74) is 7.60. The molecule has 2 fully saturated rings. The third-order valence-electron chi connectivity index (χ3n) is 5.10. The van der Waals surface area contributed by atoms with Crippen LogP contribution in [0, 0.1) is 5.92 Å². The van der Waals surface area contributed by atoms with Gasteiger partial charge in [0, 0.05) is 18.7 Å². The summed E-state index contributed by atoms with van der Waals surface area (Å²) >= 11 is 0. The van der Waals surface area contributed by atoms with Gasteiger partial charge in [0.2, 0.25) is 0 Å². The molecule has 0 aromatic heterocycles. The molecular formula is C18H29Cl2N3O. The molecule has 1 heterocycles. The van der Waals surface area contributed by atoms with E-state index in [9.17, 15) is 4.79 Å². The van der Waals surface area contributed by atoms with E-state index < -0.39 is 0 Å². The van der Waals surface area contributed by atoms with E-state index in [-0.39, 0.29) is 36.3 Å². The average Bonchev–Trinajstić information content (AvgIpc) is 3.27. The van der Waals surface area contributed by atoms with E-state index in [0.717, 1.165) is 12.1 Å². The summed E-state index contributed by atoms with van der Waals surface area (Å²) in [6.07, 6.45) is 4.92. The van der Waals surface area contributed by atoms with Gasteiger partial charge < -0.3 is 11.1 Å². The van der Waals surface area contributed by atoms with Crippen LogP contribution in [0.2, 0.25) is 0 Å². The minimum atomic E-state index is -0.262. The van der Waals surface area contributed by atoms with Gasteiger partial charge in [-0.1, -0.05) is 12.1 Å². The first-order valence-electron chi connectivity index (χ1n) is 8.44. The molecule has 0 spiro atoms. The molecule has 6 heteroatoms. The number of carbonyl (C=O) groups excluding carboxylic acids is 1. The van der Waals surface area contributed by atoms with Crippen molar-refractivity contribution in [3.63, 3.8) is 0 Å². The van der Waals surface area contributed by atoms with Crippen LogP contribution in [0.15, 0.2) is 24.3 Å². The Bertz CT molecular complexity index is 545. The van der Waals surface area contributed by atoms with Gasteiger partial charge in [0.25, 0.3) is 5.91 Å². The van der Waals surface area contributed by atoms with Crippen molar-refractivity contribution in [2.75, 3.05) is 19.6 Å². The number of likely N-dealkylation sites (tertiary alicyclic amines) is 1. The summed E-state index contributed by atoms with van der Waals surface area (Å²) in [7, 11) is 0. The highest BCUT2D eigenvalue weighted by Crippen LogP contribution is 2.39. The van der Waals surface area contributed by atoms with Gasteiger partial charge in [0.05, 0.1) is 5.54 Å². The Hall–Kier alpha value is -0.810. The zero-order chi connectivity index (χ0) is 15.6. The summed E-state index contributed by atoms with van der Waals surface area (Å²) in [6.45, 7) is 5.85. The molecule has 1 unspecified atom stereocenters. The fourth-order valence-corrected chi connectivity index (χ4v) is 3.38. The highest BCUT2D eigenvalue weighted by Gasteiger charge is 2.41. The molecule has 1 aliphatic heterocycles. The number of hydrogen-bond acceptors (Lipinski definition) is 3. The first-order valence-corrected chi connectivity index (χ1v) is 8.44. The van der Waals surface area contributed by atoms with Crippen molar-refractivity contribution in [3.8, 4) is 0 Å². The van der Waals surface area contributed by atoms with Crippen LogP contribution in [0.4, 0.5) is 0 Å². The Kier molecular flexibility index (Phi) is 8.00. The first kappa shape index (κ1) is 21.2. The monoisotopic (exact) mass is 373 g/mol. The summed E-state index contributed by atoms with van der Waals surface area (Å²) in [5, 5.41) is 3.16. The zero-order valence-electron chi connectivity index (χ0n) is 14.3. The number of carbonyl (C=O) groups is 1. The van der Waals surface area contributed by atoms with E-state index in [0.29, 0.717) is 12.5 Å². The van der Waals surface area contributed by atoms with Crippen molar-refractivity contribution >= 4 is 30.7 Å². The third kappa shape index (κ3) is 5.09. The number of nitrogens with zero attached hydrogens (tertiary/aromatic N) is 1. The molecule has 1 aliphatic carbocycles. The lowest BCUT2D eigenvalue weighted by molar-refractivity contribution is 0.0897. The number of nitrogens with one attached hydrogen (secondary N) is 1. The number of hydrogen-bond donors (Lipinski definition) is 2. The largest absolute Gasteiger partial charge is 0.345 e. The topological polar surface area (TPSA) is 58.4 Å². The molecule has 1 aromatic rings. The second-order valence-electron chi connectivity index (χ2n) is 7.03. The maximum atomic E-state index is 12.6. The van der Waals surface area contributed by atoms with Gasteiger partial charge in [-0.2, -0.15) is 0 Å². The number of nitrogens with two attached hydrogens (primary N) is 1. The van der Waals surface area contributed by atoms with Crippen LogP contribution < -0.4 is 11.1 Å². The number of amides is 1. The highest BCUT2D eigenvalue weighted by atomic mass is 35.5. The second-order valence-corrected chi connectivity index (χ2v) is 7.03. The van der Waals surface area contributed by atoms with E-state index in [1.54, 1.807) is 0 Å². The third-order valence-corrected chi connectivity index (χ3v) is 5.10. The fourth-order valence-electron chi connectivity index (χ4n) is 3.38. The Morgan fingerprint density at radius 3 is 2.54 bits per heavy atom. The SMILES string of the molecule is CC(CN)(NC(=O)c1cccc(CN2CCCC2)c1)C1CC1.Cl.Cl. The number of halogens is 2. The normalized spacial score (nSPS) is 19.8. The molecule has 1 atom stereocenters. The lowest BCUT2D eigenvalue weighted by Crippen LogP contribution is -2.53. The van der Waals surface area contributed by atoms with Crippen molar-refractivity contribution in [2.24, 2.45) is 11.7 Å². The maximum absolute atomic E-state index is 12.6. The van der Waals surface area contributed by atoms with Crippen molar-refractivity contribution in [2.45, 2.75) is 44.7 Å². The molecule has 3 rings (SSSR count). The van der Waals surface area contributed by atoms with Crippen LogP contribution >= 0.6 is 24.8 Å². The molecule has 2 aliphatic rings. The van der Waals surface area contributed by atoms with Crippen molar-refractivity contribution in [1.29, 1.82) is 0 Å². The van der Waals surface area contributed by atoms with Crippen LogP contribution in [0.3, 0.4) is 0 Å². The second kappa shape index (κ2) is 9.04. The number of benzene rings is 1. The minimum absolute atomic E-state index is 0. The van der Waals surface area contributed by atoms with Gasteiger partial charge in [-0.3, -0.25) is 9.69 Å². The van der Waals surface area contributed by atoms with Crippen LogP contribution in [0.25, 0.3) is 0 Å². The summed E-state index contributed by atoms with van der Waals surface area (Å²) in [5.74, 6) is 0.539. The minimum Gasteiger partial charge on any atom is -0.345 e. The lowest BCUT2D eigenvalue weighted by Gasteiger charge is -2.29. The van der Waals surface area contributed by atoms with Gasteiger partial charge in [0.1, 0.15) is 0 Å². The Morgan fingerprint density at radius 2 is 1.96 bits per heavy atom. The quantitative estimate of drug-likeness (QED) is 0.805. The highest BCUT2D eigenvalue weighted by molar-refractivity contribution is 5.94. The van der Waals surface area contributed by atoms with E-state index in [1.165, 1.54) is 44.3 Å². The van der Waals surface area contributed by atoms with Gasteiger partial charge in [0.15, 0.2) is 0 Å². The van der Waals surface area contributed by atoms with E-state index >= 15 is 0 Å². The Labute approximate surface area is 157 Å². The Balaban J connectivity index is 0.00000144. The number of rotatable bonds is 6. The molecule has 1 aromatic carbocycles. The molecule has 0 bridgehead atoms. The predicted molar refractivity (Wildman–Crippen MR) is 103 cm³/mol. The molecule has 1 saturated carbocycles. The first-order chi connectivity index (χ1) is 10.6. The Morgan fingerprint density at radius 1 is 1.29 bits per heavy atom. The molecule has 1 saturated heterocycles. The smallest absolute Gasteiger partial charge is 0.251 e. The summed E-state index contributed by atoms with van der Waals surface area (Å²) in [4.78, 5) is 15.0. The average molecular weight is 374 g/mol. The van der Waals surface area contributed by atoms with Gasteiger partial charge in [-0.05, 0) is 69.3 Å². The fraction of sp³-hybridized carbons (Fsp3) is 0.611. The molecular weight excluding hydrogens is 345 g/mol. The van der Waals surface area contributed by atoms with E-state index in [4.69, 9.17) is 5.73 Å². The lowest BCUT2D eigenvalue weighted by atomic mass is 9.95. The van der Waals surface area contributed by atoms with E-state index in [2.05, 4.69) is 23.2 Å².